The van der Waals surface area contributed by atoms with Crippen molar-refractivity contribution in [3.8, 4) is 79.8 Å². The molecule has 2 aliphatic rings. The van der Waals surface area contributed by atoms with E-state index in [1.54, 1.807) is 0 Å². The number of hydrogen-bond acceptors (Lipinski definition) is 8. The molecule has 2 atom stereocenters. The number of para-hydroxylation sites is 1. The summed E-state index contributed by atoms with van der Waals surface area (Å²) in [4.78, 5) is 32.1. The van der Waals surface area contributed by atoms with Gasteiger partial charge in [-0.05, 0) is 60.2 Å². The van der Waals surface area contributed by atoms with E-state index in [1.165, 1.54) is 11.3 Å². The summed E-state index contributed by atoms with van der Waals surface area (Å²) in [6.45, 7) is 0. The van der Waals surface area contributed by atoms with Crippen molar-refractivity contribution < 1.29 is 4.74 Å². The zero-order chi connectivity index (χ0) is 41.2. The lowest BCUT2D eigenvalue weighted by atomic mass is 9.91. The van der Waals surface area contributed by atoms with Gasteiger partial charge in [-0.15, -0.1) is 0 Å². The monoisotopic (exact) mass is 799 g/mol. The van der Waals surface area contributed by atoms with E-state index in [-0.39, 0.29) is 6.04 Å². The summed E-state index contributed by atoms with van der Waals surface area (Å²) < 4.78 is 6.53. The number of allylic oxidation sites excluding steroid dienone is 2. The summed E-state index contributed by atoms with van der Waals surface area (Å²) in [6, 6.07) is 63.0. The molecule has 11 rings (SSSR count). The number of ether oxygens (including phenoxy) is 1. The summed E-state index contributed by atoms with van der Waals surface area (Å²) in [5.74, 6) is 5.04. The molecule has 2 unspecified atom stereocenters. The summed E-state index contributed by atoms with van der Waals surface area (Å²) in [7, 11) is 0. The molecule has 0 saturated carbocycles. The number of aromatic nitrogens is 6. The van der Waals surface area contributed by atoms with Crippen LogP contribution in [0.5, 0.6) is 11.5 Å². The third kappa shape index (κ3) is 7.20. The number of hydrogen-bond donors (Lipinski definition) is 0. The molecule has 1 aliphatic carbocycles. The zero-order valence-electron chi connectivity index (χ0n) is 33.4. The van der Waals surface area contributed by atoms with Gasteiger partial charge in [0.25, 0.3) is 0 Å². The fraction of sp³-hybridized carbons (Fsp3) is 0.0370. The first kappa shape index (κ1) is 36.7. The van der Waals surface area contributed by atoms with Crippen LogP contribution >= 0.6 is 0 Å². The van der Waals surface area contributed by atoms with Gasteiger partial charge in [-0.1, -0.05) is 158 Å². The van der Waals surface area contributed by atoms with E-state index in [9.17, 15) is 0 Å². The van der Waals surface area contributed by atoms with Gasteiger partial charge in [0, 0.05) is 50.7 Å². The molecule has 0 saturated heterocycles. The van der Waals surface area contributed by atoms with Crippen molar-refractivity contribution in [2.24, 2.45) is 0 Å². The minimum Gasteiger partial charge on any atom is -0.457 e. The number of anilines is 2. The second kappa shape index (κ2) is 16.0. The number of fused-ring (bicyclic) bond motifs is 3. The summed E-state index contributed by atoms with van der Waals surface area (Å²) in [5, 5.41) is 0. The van der Waals surface area contributed by atoms with E-state index in [1.807, 2.05) is 140 Å². The number of nitrogens with zero attached hydrogens (tertiary/aromatic N) is 7. The minimum atomic E-state index is 0.220. The maximum atomic E-state index is 6.53. The molecule has 1 aliphatic heterocycles. The molecule has 0 bridgehead atoms. The van der Waals surface area contributed by atoms with Crippen LogP contribution in [0.15, 0.2) is 212 Å². The summed E-state index contributed by atoms with van der Waals surface area (Å²) in [6.07, 6.45) is 8.88. The van der Waals surface area contributed by atoms with Crippen molar-refractivity contribution in [3.63, 3.8) is 0 Å². The Morgan fingerprint density at radius 2 is 0.758 bits per heavy atom. The average molecular weight is 800 g/mol. The van der Waals surface area contributed by atoms with Crippen LogP contribution in [0, 0.1) is 0 Å². The Labute approximate surface area is 359 Å². The van der Waals surface area contributed by atoms with Crippen molar-refractivity contribution in [2.75, 3.05) is 4.90 Å². The van der Waals surface area contributed by atoms with E-state index >= 15 is 0 Å². The van der Waals surface area contributed by atoms with Gasteiger partial charge in [-0.3, -0.25) is 0 Å². The van der Waals surface area contributed by atoms with Crippen molar-refractivity contribution in [1.82, 2.24) is 29.9 Å². The lowest BCUT2D eigenvalue weighted by Gasteiger charge is -2.28. The molecule has 8 heteroatoms. The SMILES string of the molecule is C1=CC2c3ccccc3N(c3ccc(-c4nc(-c5ccccc5)nc(-c5cccc(Oc6cccc(-c7nc(-c8ccccc8)nc(-c8ccccc8)n7)c6)c5)n4)cc3)C2C=C1. The Kier molecular flexibility index (Phi) is 9.48. The van der Waals surface area contributed by atoms with E-state index in [0.29, 0.717) is 52.4 Å². The highest BCUT2D eigenvalue weighted by molar-refractivity contribution is 5.77. The van der Waals surface area contributed by atoms with Crippen LogP contribution in [-0.2, 0) is 0 Å². The molecular formula is C54H37N7O. The highest BCUT2D eigenvalue weighted by Crippen LogP contribution is 2.47. The fourth-order valence-electron chi connectivity index (χ4n) is 8.18. The van der Waals surface area contributed by atoms with E-state index in [2.05, 4.69) is 77.7 Å². The first-order valence-corrected chi connectivity index (χ1v) is 20.6. The second-order valence-electron chi connectivity index (χ2n) is 15.1. The van der Waals surface area contributed by atoms with Gasteiger partial charge >= 0.3 is 0 Å². The topological polar surface area (TPSA) is 89.8 Å². The Morgan fingerprint density at radius 3 is 1.26 bits per heavy atom. The van der Waals surface area contributed by atoms with Crippen molar-refractivity contribution in [3.05, 3.63) is 218 Å². The molecule has 8 nitrogen and oxygen atoms in total. The smallest absolute Gasteiger partial charge is 0.164 e. The van der Waals surface area contributed by atoms with Crippen LogP contribution in [-0.4, -0.2) is 35.9 Å². The molecule has 294 valence electrons. The molecule has 2 aromatic heterocycles. The van der Waals surface area contributed by atoms with Crippen LogP contribution in [0.3, 0.4) is 0 Å². The van der Waals surface area contributed by atoms with Crippen LogP contribution in [0.25, 0.3) is 68.3 Å². The maximum absolute atomic E-state index is 6.53. The van der Waals surface area contributed by atoms with Crippen molar-refractivity contribution in [1.29, 1.82) is 0 Å². The van der Waals surface area contributed by atoms with E-state index in [0.717, 1.165) is 39.1 Å². The molecule has 3 heterocycles. The maximum Gasteiger partial charge on any atom is 0.164 e. The van der Waals surface area contributed by atoms with E-state index < -0.39 is 0 Å². The highest BCUT2D eigenvalue weighted by Gasteiger charge is 2.37. The lowest BCUT2D eigenvalue weighted by molar-refractivity contribution is 0.483. The molecular weight excluding hydrogens is 763 g/mol. The Morgan fingerprint density at radius 1 is 0.355 bits per heavy atom. The van der Waals surface area contributed by atoms with Crippen LogP contribution in [0.4, 0.5) is 11.4 Å². The molecule has 9 aromatic rings. The second-order valence-corrected chi connectivity index (χ2v) is 15.1. The molecule has 0 spiro atoms. The Balaban J connectivity index is 0.914. The normalized spacial score (nSPS) is 14.9. The van der Waals surface area contributed by atoms with E-state index in [4.69, 9.17) is 34.6 Å². The van der Waals surface area contributed by atoms with Gasteiger partial charge in [0.1, 0.15) is 11.5 Å². The van der Waals surface area contributed by atoms with Gasteiger partial charge in [-0.2, -0.15) is 0 Å². The molecule has 0 radical (unpaired) electrons. The third-order valence-corrected chi connectivity index (χ3v) is 11.1. The molecule has 62 heavy (non-hydrogen) atoms. The van der Waals surface area contributed by atoms with Gasteiger partial charge in [0.2, 0.25) is 0 Å². The predicted molar refractivity (Wildman–Crippen MR) is 246 cm³/mol. The minimum absolute atomic E-state index is 0.220. The van der Waals surface area contributed by atoms with Gasteiger partial charge in [0.05, 0.1) is 6.04 Å². The number of rotatable bonds is 9. The number of benzene rings is 7. The molecule has 0 N–H and O–H groups in total. The van der Waals surface area contributed by atoms with Gasteiger partial charge in [-0.25, -0.2) is 29.9 Å². The van der Waals surface area contributed by atoms with Crippen LogP contribution in [0.1, 0.15) is 11.5 Å². The van der Waals surface area contributed by atoms with Crippen molar-refractivity contribution in [2.45, 2.75) is 12.0 Å². The van der Waals surface area contributed by atoms with Gasteiger partial charge < -0.3 is 9.64 Å². The third-order valence-electron chi connectivity index (χ3n) is 11.1. The quantitative estimate of drug-likeness (QED) is 0.143. The van der Waals surface area contributed by atoms with Gasteiger partial charge in [0.15, 0.2) is 34.9 Å². The highest BCUT2D eigenvalue weighted by atomic mass is 16.5. The first-order chi connectivity index (χ1) is 30.7. The Bertz CT molecular complexity index is 3060. The van der Waals surface area contributed by atoms with Crippen molar-refractivity contribution >= 4 is 11.4 Å². The lowest BCUT2D eigenvalue weighted by Crippen LogP contribution is -2.28. The zero-order valence-corrected chi connectivity index (χ0v) is 33.4. The molecule has 0 amide bonds. The average Bonchev–Trinajstić information content (AvgIpc) is 3.69. The standard InChI is InChI=1S/C54H37N7O/c1-4-16-36(17-5-1)49-55-50(37-18-6-2-7-19-37)58-53(57-49)40-22-14-24-43(34-40)62-44-25-15-23-41(35-44)54-59-51(38-20-8-3-9-21-38)56-52(60-54)39-30-32-42(33-31-39)61-47-28-12-10-26-45(47)46-27-11-13-29-48(46)61/h1-35,45,47H. The largest absolute Gasteiger partial charge is 0.457 e. The molecule has 0 fully saturated rings. The fourth-order valence-corrected chi connectivity index (χ4v) is 8.18. The summed E-state index contributed by atoms with van der Waals surface area (Å²) >= 11 is 0. The van der Waals surface area contributed by atoms with Crippen LogP contribution in [0.2, 0.25) is 0 Å². The predicted octanol–water partition coefficient (Wildman–Crippen LogP) is 12.6. The summed E-state index contributed by atoms with van der Waals surface area (Å²) in [5.41, 5.74) is 8.90. The first-order valence-electron chi connectivity index (χ1n) is 20.6. The van der Waals surface area contributed by atoms with Crippen LogP contribution < -0.4 is 9.64 Å². The molecule has 7 aromatic carbocycles. The Hall–Kier alpha value is -8.36.